The zero-order chi connectivity index (χ0) is 9.68. The Balaban J connectivity index is 2.38. The van der Waals surface area contributed by atoms with Crippen LogP contribution in [0.3, 0.4) is 0 Å². The number of hydrazine groups is 1. The number of hydrogen-bond acceptors (Lipinski definition) is 3. The molecule has 1 heterocycles. The lowest BCUT2D eigenvalue weighted by molar-refractivity contribution is -0.119. The summed E-state index contributed by atoms with van der Waals surface area (Å²) in [6.07, 6.45) is 0.477. The van der Waals surface area contributed by atoms with E-state index in [0.29, 0.717) is 25.5 Å². The van der Waals surface area contributed by atoms with Gasteiger partial charge in [0.25, 0.3) is 0 Å². The van der Waals surface area contributed by atoms with Gasteiger partial charge in [0.15, 0.2) is 0 Å². The Labute approximate surface area is 76.9 Å². The molecule has 1 aliphatic heterocycles. The Morgan fingerprint density at radius 2 is 2.62 bits per heavy atom. The fourth-order valence-electron chi connectivity index (χ4n) is 1.19. The van der Waals surface area contributed by atoms with Gasteiger partial charge in [0.05, 0.1) is 6.04 Å². The van der Waals surface area contributed by atoms with Crippen molar-refractivity contribution >= 4 is 11.9 Å². The molecular weight excluding hydrogens is 170 g/mol. The fraction of sp³-hybridized carbons (Fsp3) is 0.714. The molecule has 74 valence electrons. The van der Waals surface area contributed by atoms with Crippen molar-refractivity contribution in [2.24, 2.45) is 10.8 Å². The van der Waals surface area contributed by atoms with Crippen LogP contribution in [0.25, 0.3) is 0 Å². The first-order chi connectivity index (χ1) is 6.26. The van der Waals surface area contributed by atoms with Gasteiger partial charge < -0.3 is 10.6 Å². The summed E-state index contributed by atoms with van der Waals surface area (Å²) in [6, 6.07) is 0.0915. The van der Waals surface area contributed by atoms with Gasteiger partial charge in [-0.05, 0) is 6.92 Å². The van der Waals surface area contributed by atoms with Gasteiger partial charge >= 0.3 is 0 Å². The number of nitrogens with one attached hydrogen (secondary N) is 3. The van der Waals surface area contributed by atoms with E-state index in [-0.39, 0.29) is 11.9 Å². The molecule has 1 rings (SSSR count). The van der Waals surface area contributed by atoms with E-state index in [1.807, 2.05) is 6.92 Å². The summed E-state index contributed by atoms with van der Waals surface area (Å²) in [5.41, 5.74) is 2.44. The second kappa shape index (κ2) is 4.66. The summed E-state index contributed by atoms with van der Waals surface area (Å²) >= 11 is 0. The van der Waals surface area contributed by atoms with Crippen molar-refractivity contribution in [2.45, 2.75) is 19.4 Å². The van der Waals surface area contributed by atoms with Gasteiger partial charge in [-0.2, -0.15) is 0 Å². The summed E-state index contributed by atoms with van der Waals surface area (Å²) < 4.78 is 0. The predicted octanol–water partition coefficient (Wildman–Crippen LogP) is -1.70. The van der Waals surface area contributed by atoms with Crippen molar-refractivity contribution in [3.05, 3.63) is 0 Å². The van der Waals surface area contributed by atoms with Crippen molar-refractivity contribution in [2.75, 3.05) is 13.1 Å². The molecule has 0 aromatic heterocycles. The van der Waals surface area contributed by atoms with E-state index in [2.05, 4.69) is 21.1 Å². The maximum Gasteiger partial charge on any atom is 0.222 e. The molecule has 6 nitrogen and oxygen atoms in total. The van der Waals surface area contributed by atoms with Crippen molar-refractivity contribution in [1.29, 1.82) is 0 Å². The first-order valence-electron chi connectivity index (χ1n) is 4.30. The number of rotatable bonds is 2. The minimum absolute atomic E-state index is 0.0605. The standard InChI is InChI=1S/C7H15N5O/c1-2-9-7(12-8)11-5-3-6(13)10-4-5/h5H,2-4,8H2,1H3,(H,10,13)(H2,9,11,12). The lowest BCUT2D eigenvalue weighted by atomic mass is 10.3. The highest BCUT2D eigenvalue weighted by molar-refractivity contribution is 5.83. The normalized spacial score (nSPS) is 22.8. The van der Waals surface area contributed by atoms with Crippen molar-refractivity contribution in [3.8, 4) is 0 Å². The molecule has 1 saturated heterocycles. The molecular formula is C7H15N5O. The van der Waals surface area contributed by atoms with Crippen molar-refractivity contribution in [1.82, 2.24) is 16.1 Å². The summed E-state index contributed by atoms with van der Waals surface area (Å²) in [7, 11) is 0. The molecule has 1 aliphatic rings. The van der Waals surface area contributed by atoms with Crippen LogP contribution >= 0.6 is 0 Å². The summed E-state index contributed by atoms with van der Waals surface area (Å²) in [5.74, 6) is 5.81. The van der Waals surface area contributed by atoms with Crippen LogP contribution in [0.4, 0.5) is 0 Å². The molecule has 1 unspecified atom stereocenters. The molecule has 6 heteroatoms. The molecule has 0 aromatic rings. The van der Waals surface area contributed by atoms with Gasteiger partial charge in [-0.1, -0.05) is 0 Å². The molecule has 0 spiro atoms. The Morgan fingerprint density at radius 3 is 3.08 bits per heavy atom. The van der Waals surface area contributed by atoms with E-state index in [4.69, 9.17) is 5.84 Å². The summed E-state index contributed by atoms with van der Waals surface area (Å²) in [5, 5.41) is 5.74. The summed E-state index contributed by atoms with van der Waals surface area (Å²) in [6.45, 7) is 3.20. The van der Waals surface area contributed by atoms with Gasteiger partial charge in [-0.15, -0.1) is 0 Å². The topological polar surface area (TPSA) is 91.5 Å². The van der Waals surface area contributed by atoms with E-state index in [9.17, 15) is 4.79 Å². The average molecular weight is 185 g/mol. The highest BCUT2D eigenvalue weighted by Gasteiger charge is 2.21. The van der Waals surface area contributed by atoms with Gasteiger partial charge in [0, 0.05) is 19.5 Å². The second-order valence-corrected chi connectivity index (χ2v) is 2.82. The third-order valence-corrected chi connectivity index (χ3v) is 1.77. The molecule has 0 bridgehead atoms. The monoisotopic (exact) mass is 185 g/mol. The first-order valence-corrected chi connectivity index (χ1v) is 4.30. The lowest BCUT2D eigenvalue weighted by Crippen LogP contribution is -2.47. The Kier molecular flexibility index (Phi) is 3.51. The number of carbonyl (C=O) groups excluding carboxylic acids is 1. The highest BCUT2D eigenvalue weighted by atomic mass is 16.1. The molecule has 13 heavy (non-hydrogen) atoms. The third kappa shape index (κ3) is 2.90. The molecule has 1 atom stereocenters. The number of nitrogens with two attached hydrogens (primary N) is 1. The molecule has 0 aromatic carbocycles. The van der Waals surface area contributed by atoms with E-state index >= 15 is 0 Å². The molecule has 0 saturated carbocycles. The smallest absolute Gasteiger partial charge is 0.222 e. The number of aliphatic imine (C=N–C) groups is 1. The van der Waals surface area contributed by atoms with E-state index in [1.165, 1.54) is 0 Å². The van der Waals surface area contributed by atoms with Crippen LogP contribution in [0.2, 0.25) is 0 Å². The minimum Gasteiger partial charge on any atom is -0.354 e. The maximum atomic E-state index is 10.8. The Bertz CT molecular complexity index is 215. The lowest BCUT2D eigenvalue weighted by Gasteiger charge is -2.13. The van der Waals surface area contributed by atoms with Gasteiger partial charge in [0.2, 0.25) is 11.9 Å². The third-order valence-electron chi connectivity index (χ3n) is 1.77. The van der Waals surface area contributed by atoms with Gasteiger partial charge in [-0.25, -0.2) is 5.84 Å². The van der Waals surface area contributed by atoms with Crippen LogP contribution < -0.4 is 21.9 Å². The number of amides is 1. The largest absolute Gasteiger partial charge is 0.354 e. The average Bonchev–Trinajstić information content (AvgIpc) is 2.50. The minimum atomic E-state index is 0.0605. The van der Waals surface area contributed by atoms with Crippen molar-refractivity contribution < 1.29 is 4.79 Å². The van der Waals surface area contributed by atoms with E-state index in [1.54, 1.807) is 0 Å². The Morgan fingerprint density at radius 1 is 1.85 bits per heavy atom. The number of nitrogens with zero attached hydrogens (tertiary/aromatic N) is 1. The zero-order valence-corrected chi connectivity index (χ0v) is 7.63. The first kappa shape index (κ1) is 9.79. The number of guanidine groups is 1. The Hall–Kier alpha value is -1.30. The van der Waals surface area contributed by atoms with E-state index in [0.717, 1.165) is 0 Å². The van der Waals surface area contributed by atoms with Gasteiger partial charge in [-0.3, -0.25) is 15.2 Å². The van der Waals surface area contributed by atoms with Crippen LogP contribution in [0.15, 0.2) is 4.99 Å². The SMILES string of the molecule is CCN=C(NN)NC1CNC(=O)C1. The molecule has 1 amide bonds. The van der Waals surface area contributed by atoms with Crippen LogP contribution in [0, 0.1) is 0 Å². The van der Waals surface area contributed by atoms with Crippen LogP contribution in [0.1, 0.15) is 13.3 Å². The molecule has 5 N–H and O–H groups in total. The van der Waals surface area contributed by atoms with Gasteiger partial charge in [0.1, 0.15) is 0 Å². The van der Waals surface area contributed by atoms with Crippen LogP contribution in [-0.4, -0.2) is 31.0 Å². The summed E-state index contributed by atoms with van der Waals surface area (Å²) in [4.78, 5) is 14.9. The van der Waals surface area contributed by atoms with Crippen LogP contribution in [0.5, 0.6) is 0 Å². The van der Waals surface area contributed by atoms with E-state index < -0.39 is 0 Å². The maximum absolute atomic E-state index is 10.8. The fourth-order valence-corrected chi connectivity index (χ4v) is 1.19. The highest BCUT2D eigenvalue weighted by Crippen LogP contribution is 1.98. The quantitative estimate of drug-likeness (QED) is 0.179. The number of hydrogen-bond donors (Lipinski definition) is 4. The molecule has 0 radical (unpaired) electrons. The molecule has 0 aliphatic carbocycles. The predicted molar refractivity (Wildman–Crippen MR) is 49.8 cm³/mol. The second-order valence-electron chi connectivity index (χ2n) is 2.82. The van der Waals surface area contributed by atoms with Crippen LogP contribution in [-0.2, 0) is 4.79 Å². The van der Waals surface area contributed by atoms with Crippen molar-refractivity contribution in [3.63, 3.8) is 0 Å². The zero-order valence-electron chi connectivity index (χ0n) is 7.63. The molecule has 1 fully saturated rings. The number of carbonyl (C=O) groups is 1.